The van der Waals surface area contributed by atoms with Gasteiger partial charge >= 0.3 is 5.69 Å². The molecule has 0 saturated carbocycles. The summed E-state index contributed by atoms with van der Waals surface area (Å²) in [6, 6.07) is 8.17. The molecule has 0 aliphatic heterocycles. The molecule has 0 spiro atoms. The number of nitro groups is 2. The van der Waals surface area contributed by atoms with Crippen molar-refractivity contribution in [2.24, 2.45) is 5.10 Å². The number of aromatic hydroxyl groups is 1. The molecule has 0 radical (unpaired) electrons. The van der Waals surface area contributed by atoms with Crippen molar-refractivity contribution in [2.75, 3.05) is 12.5 Å². The van der Waals surface area contributed by atoms with Crippen LogP contribution in [0.5, 0.6) is 11.5 Å². The van der Waals surface area contributed by atoms with E-state index in [9.17, 15) is 25.3 Å². The van der Waals surface area contributed by atoms with Crippen LogP contribution in [0.2, 0.25) is 0 Å². The summed E-state index contributed by atoms with van der Waals surface area (Å²) < 4.78 is 4.87. The van der Waals surface area contributed by atoms with Crippen molar-refractivity contribution in [3.63, 3.8) is 0 Å². The normalized spacial score (nSPS) is 10.5. The molecule has 124 valence electrons. The van der Waals surface area contributed by atoms with Gasteiger partial charge in [-0.15, -0.1) is 0 Å². The van der Waals surface area contributed by atoms with Crippen molar-refractivity contribution in [2.45, 2.75) is 0 Å². The van der Waals surface area contributed by atoms with E-state index in [2.05, 4.69) is 10.5 Å². The lowest BCUT2D eigenvalue weighted by Gasteiger charge is -2.05. The Kier molecular flexibility index (Phi) is 4.90. The third-order valence-electron chi connectivity index (χ3n) is 2.96. The first-order valence-electron chi connectivity index (χ1n) is 6.51. The summed E-state index contributed by atoms with van der Waals surface area (Å²) >= 11 is 0. The van der Waals surface area contributed by atoms with E-state index in [4.69, 9.17) is 4.74 Å². The number of nitrogens with zero attached hydrogens (tertiary/aromatic N) is 3. The van der Waals surface area contributed by atoms with Gasteiger partial charge in [-0.3, -0.25) is 25.7 Å². The van der Waals surface area contributed by atoms with Crippen LogP contribution in [0.25, 0.3) is 0 Å². The summed E-state index contributed by atoms with van der Waals surface area (Å²) in [6.07, 6.45) is 1.26. The summed E-state index contributed by atoms with van der Waals surface area (Å²) in [5, 5.41) is 35.1. The number of hydrazone groups is 1. The second-order valence-corrected chi connectivity index (χ2v) is 4.53. The van der Waals surface area contributed by atoms with Crippen molar-refractivity contribution in [3.05, 3.63) is 62.2 Å². The van der Waals surface area contributed by atoms with Crippen molar-refractivity contribution in [1.29, 1.82) is 0 Å². The molecule has 0 bridgehead atoms. The van der Waals surface area contributed by atoms with Crippen LogP contribution in [0.15, 0.2) is 41.5 Å². The van der Waals surface area contributed by atoms with Gasteiger partial charge in [-0.1, -0.05) is 6.07 Å². The largest absolute Gasteiger partial charge is 0.500 e. The number of phenolic OH excluding ortho intramolecular Hbond substituents is 1. The first kappa shape index (κ1) is 16.7. The van der Waals surface area contributed by atoms with Crippen molar-refractivity contribution < 1.29 is 19.7 Å². The molecule has 0 aromatic heterocycles. The average molecular weight is 332 g/mol. The lowest BCUT2D eigenvalue weighted by molar-refractivity contribution is -0.386. The number of anilines is 1. The van der Waals surface area contributed by atoms with Gasteiger partial charge in [0.1, 0.15) is 0 Å². The van der Waals surface area contributed by atoms with Crippen molar-refractivity contribution in [3.8, 4) is 11.5 Å². The molecular formula is C14H12N4O6. The molecule has 10 nitrogen and oxygen atoms in total. The highest BCUT2D eigenvalue weighted by molar-refractivity contribution is 5.83. The fourth-order valence-corrected chi connectivity index (χ4v) is 1.85. The summed E-state index contributed by atoms with van der Waals surface area (Å²) in [6.45, 7) is 0. The van der Waals surface area contributed by atoms with E-state index in [0.29, 0.717) is 11.3 Å². The smallest absolute Gasteiger partial charge is 0.315 e. The number of non-ortho nitro benzene ring substituents is 1. The highest BCUT2D eigenvalue weighted by atomic mass is 16.6. The Bertz CT molecular complexity index is 821. The molecular weight excluding hydrogens is 320 g/mol. The fraction of sp³-hybridized carbons (Fsp3) is 0.0714. The van der Waals surface area contributed by atoms with Gasteiger partial charge in [0.25, 0.3) is 5.69 Å². The van der Waals surface area contributed by atoms with Gasteiger partial charge in [0.15, 0.2) is 5.75 Å². The lowest BCUT2D eigenvalue weighted by Crippen LogP contribution is -1.96. The number of rotatable bonds is 6. The van der Waals surface area contributed by atoms with Crippen LogP contribution in [0.3, 0.4) is 0 Å². The van der Waals surface area contributed by atoms with Gasteiger partial charge < -0.3 is 9.84 Å². The molecule has 0 amide bonds. The Morgan fingerprint density at radius 1 is 1.21 bits per heavy atom. The number of hydrogen-bond acceptors (Lipinski definition) is 8. The second-order valence-electron chi connectivity index (χ2n) is 4.53. The van der Waals surface area contributed by atoms with Crippen LogP contribution in [0.4, 0.5) is 17.1 Å². The minimum absolute atomic E-state index is 0.0685. The molecule has 0 aliphatic rings. The zero-order valence-corrected chi connectivity index (χ0v) is 12.4. The van der Waals surface area contributed by atoms with E-state index in [1.165, 1.54) is 37.6 Å². The number of nitrogens with one attached hydrogen (secondary N) is 1. The second kappa shape index (κ2) is 7.05. The molecule has 10 heteroatoms. The topological polar surface area (TPSA) is 140 Å². The van der Waals surface area contributed by atoms with Crippen LogP contribution >= 0.6 is 0 Å². The van der Waals surface area contributed by atoms with E-state index < -0.39 is 21.3 Å². The molecule has 2 aromatic carbocycles. The molecule has 2 N–H and O–H groups in total. The minimum Gasteiger partial charge on any atom is -0.500 e. The highest BCUT2D eigenvalue weighted by Crippen LogP contribution is 2.36. The van der Waals surface area contributed by atoms with Gasteiger partial charge in [0.05, 0.1) is 28.9 Å². The quantitative estimate of drug-likeness (QED) is 0.470. The molecule has 0 saturated heterocycles. The number of nitro benzene ring substituents is 2. The van der Waals surface area contributed by atoms with E-state index in [0.717, 1.165) is 6.07 Å². The van der Waals surface area contributed by atoms with Gasteiger partial charge in [0.2, 0.25) is 5.75 Å². The van der Waals surface area contributed by atoms with E-state index in [1.807, 2.05) is 0 Å². The predicted molar refractivity (Wildman–Crippen MR) is 85.6 cm³/mol. The Morgan fingerprint density at radius 2 is 1.96 bits per heavy atom. The highest BCUT2D eigenvalue weighted by Gasteiger charge is 2.19. The lowest BCUT2D eigenvalue weighted by atomic mass is 10.2. The molecule has 0 heterocycles. The monoisotopic (exact) mass is 332 g/mol. The number of benzene rings is 2. The Hall–Kier alpha value is -3.69. The molecule has 2 rings (SSSR count). The molecule has 0 aliphatic carbocycles. The van der Waals surface area contributed by atoms with Crippen molar-refractivity contribution in [1.82, 2.24) is 0 Å². The van der Waals surface area contributed by atoms with Crippen LogP contribution < -0.4 is 10.2 Å². The van der Waals surface area contributed by atoms with E-state index >= 15 is 0 Å². The maximum atomic E-state index is 10.9. The summed E-state index contributed by atoms with van der Waals surface area (Å²) in [5.41, 5.74) is 2.63. The molecule has 0 fully saturated rings. The van der Waals surface area contributed by atoms with Crippen LogP contribution in [0.1, 0.15) is 5.56 Å². The van der Waals surface area contributed by atoms with E-state index in [1.54, 1.807) is 6.07 Å². The fourth-order valence-electron chi connectivity index (χ4n) is 1.85. The standard InChI is InChI=1S/C14H12N4O6/c1-24-13-6-9(5-12(14(13)19)18(22)23)8-15-16-10-3-2-4-11(7-10)17(20)21/h2-8,16,19H,1H3. The Labute approximate surface area is 135 Å². The first-order valence-corrected chi connectivity index (χ1v) is 6.51. The minimum atomic E-state index is -0.747. The van der Waals surface area contributed by atoms with Crippen molar-refractivity contribution >= 4 is 23.3 Å². The van der Waals surface area contributed by atoms with Gasteiger partial charge in [-0.25, -0.2) is 0 Å². The van der Waals surface area contributed by atoms with Gasteiger partial charge in [-0.2, -0.15) is 5.10 Å². The summed E-state index contributed by atoms with van der Waals surface area (Å²) in [4.78, 5) is 20.3. The maximum absolute atomic E-state index is 10.9. The SMILES string of the molecule is COc1cc(C=NNc2cccc([N+](=O)[O-])c2)cc([N+](=O)[O-])c1O. The predicted octanol–water partition coefficient (Wildman–Crippen LogP) is 2.66. The summed E-state index contributed by atoms with van der Waals surface area (Å²) in [5.74, 6) is -0.646. The number of methoxy groups -OCH3 is 1. The molecule has 0 unspecified atom stereocenters. The molecule has 24 heavy (non-hydrogen) atoms. The van der Waals surface area contributed by atoms with Gasteiger partial charge in [0, 0.05) is 23.8 Å². The number of ether oxygens (including phenoxy) is 1. The van der Waals surface area contributed by atoms with Gasteiger partial charge in [-0.05, 0) is 12.1 Å². The molecule has 2 aromatic rings. The zero-order valence-electron chi connectivity index (χ0n) is 12.4. The van der Waals surface area contributed by atoms with Crippen LogP contribution in [0, 0.1) is 20.2 Å². The average Bonchev–Trinajstić information content (AvgIpc) is 2.56. The van der Waals surface area contributed by atoms with E-state index in [-0.39, 0.29) is 11.4 Å². The number of hydrogen-bond donors (Lipinski definition) is 2. The summed E-state index contributed by atoms with van der Waals surface area (Å²) in [7, 11) is 1.26. The van der Waals surface area contributed by atoms with Crippen LogP contribution in [-0.4, -0.2) is 28.3 Å². The molecule has 0 atom stereocenters. The Balaban J connectivity index is 2.23. The third-order valence-corrected chi connectivity index (χ3v) is 2.96. The maximum Gasteiger partial charge on any atom is 0.315 e. The zero-order chi connectivity index (χ0) is 17.7. The Morgan fingerprint density at radius 3 is 2.58 bits per heavy atom. The van der Waals surface area contributed by atoms with Crippen LogP contribution in [-0.2, 0) is 0 Å². The number of phenols is 1. The first-order chi connectivity index (χ1) is 11.4. The third kappa shape index (κ3) is 3.74.